The summed E-state index contributed by atoms with van der Waals surface area (Å²) in [5.41, 5.74) is 0. The summed E-state index contributed by atoms with van der Waals surface area (Å²) in [6.07, 6.45) is 5.40. The Bertz CT molecular complexity index is 461. The van der Waals surface area contributed by atoms with E-state index >= 15 is 0 Å². The quantitative estimate of drug-likeness (QED) is 0.846. The van der Waals surface area contributed by atoms with Crippen LogP contribution in [0.15, 0.2) is 18.2 Å². The topological polar surface area (TPSA) is 49.8 Å². The van der Waals surface area contributed by atoms with E-state index in [1.807, 2.05) is 17.0 Å². The second kappa shape index (κ2) is 7.57. The summed E-state index contributed by atoms with van der Waals surface area (Å²) in [7, 11) is 0. The highest BCUT2D eigenvalue weighted by Crippen LogP contribution is 2.17. The fraction of sp³-hybridized carbons (Fsp3) is 0.533. The number of hydrogen-bond acceptors (Lipinski definition) is 4. The SMILES string of the molecule is Cc1ccc(/C=C/C(=O)N2CCC(OCCO)CC2)s1. The van der Waals surface area contributed by atoms with Crippen LogP contribution in [0, 0.1) is 6.92 Å². The van der Waals surface area contributed by atoms with Crippen molar-refractivity contribution >= 4 is 23.3 Å². The van der Waals surface area contributed by atoms with Crippen LogP contribution in [0.1, 0.15) is 22.6 Å². The summed E-state index contributed by atoms with van der Waals surface area (Å²) in [6, 6.07) is 4.08. The maximum Gasteiger partial charge on any atom is 0.246 e. The molecule has 1 aromatic rings. The maximum atomic E-state index is 12.1. The lowest BCUT2D eigenvalue weighted by molar-refractivity contribution is -0.128. The average molecular weight is 295 g/mol. The highest BCUT2D eigenvalue weighted by Gasteiger charge is 2.21. The van der Waals surface area contributed by atoms with Crippen LogP contribution in [0.5, 0.6) is 0 Å². The number of aliphatic hydroxyl groups is 1. The second-order valence-corrected chi connectivity index (χ2v) is 6.22. The van der Waals surface area contributed by atoms with Gasteiger partial charge in [-0.15, -0.1) is 11.3 Å². The number of carbonyl (C=O) groups is 1. The molecule has 2 rings (SSSR count). The molecule has 0 atom stereocenters. The van der Waals surface area contributed by atoms with Crippen molar-refractivity contribution in [1.29, 1.82) is 0 Å². The molecule has 0 unspecified atom stereocenters. The van der Waals surface area contributed by atoms with Gasteiger partial charge in [-0.1, -0.05) is 0 Å². The first kappa shape index (κ1) is 15.2. The first-order valence-corrected chi connectivity index (χ1v) is 7.76. The zero-order valence-electron chi connectivity index (χ0n) is 11.7. The average Bonchev–Trinajstić information content (AvgIpc) is 2.89. The minimum absolute atomic E-state index is 0.0577. The van der Waals surface area contributed by atoms with Crippen LogP contribution in [0.2, 0.25) is 0 Å². The molecule has 20 heavy (non-hydrogen) atoms. The van der Waals surface area contributed by atoms with E-state index in [1.54, 1.807) is 17.4 Å². The van der Waals surface area contributed by atoms with Gasteiger partial charge in [0.1, 0.15) is 0 Å². The summed E-state index contributed by atoms with van der Waals surface area (Å²) in [6.45, 7) is 3.95. The first-order chi connectivity index (χ1) is 9.69. The van der Waals surface area contributed by atoms with Gasteiger partial charge in [-0.25, -0.2) is 0 Å². The lowest BCUT2D eigenvalue weighted by atomic mass is 10.1. The van der Waals surface area contributed by atoms with Crippen molar-refractivity contribution in [2.24, 2.45) is 0 Å². The molecule has 0 bridgehead atoms. The van der Waals surface area contributed by atoms with E-state index in [0.29, 0.717) is 6.61 Å². The zero-order chi connectivity index (χ0) is 14.4. The second-order valence-electron chi connectivity index (χ2n) is 4.90. The molecule has 2 heterocycles. The Morgan fingerprint density at radius 2 is 2.25 bits per heavy atom. The molecule has 4 nitrogen and oxygen atoms in total. The molecule has 0 aromatic carbocycles. The van der Waals surface area contributed by atoms with E-state index in [1.165, 1.54) is 4.88 Å². The van der Waals surface area contributed by atoms with E-state index in [-0.39, 0.29) is 18.6 Å². The first-order valence-electron chi connectivity index (χ1n) is 6.95. The van der Waals surface area contributed by atoms with Crippen molar-refractivity contribution in [2.75, 3.05) is 26.3 Å². The number of aryl methyl sites for hydroxylation is 1. The van der Waals surface area contributed by atoms with Gasteiger partial charge in [-0.2, -0.15) is 0 Å². The standard InChI is InChI=1S/C15H21NO3S/c1-12-2-3-14(20-12)4-5-15(18)16-8-6-13(7-9-16)19-11-10-17/h2-5,13,17H,6-11H2,1H3/b5-4+. The summed E-state index contributed by atoms with van der Waals surface area (Å²) in [4.78, 5) is 16.3. The molecular weight excluding hydrogens is 274 g/mol. The van der Waals surface area contributed by atoms with Crippen LogP contribution in [0.3, 0.4) is 0 Å². The smallest absolute Gasteiger partial charge is 0.246 e. The molecule has 1 N–H and O–H groups in total. The van der Waals surface area contributed by atoms with Crippen molar-refractivity contribution in [3.05, 3.63) is 28.0 Å². The van der Waals surface area contributed by atoms with Crippen molar-refractivity contribution in [3.8, 4) is 0 Å². The third-order valence-electron chi connectivity index (χ3n) is 3.35. The summed E-state index contributed by atoms with van der Waals surface area (Å²) in [5, 5.41) is 8.72. The molecule has 0 saturated carbocycles. The molecule has 0 aliphatic carbocycles. The Hall–Kier alpha value is -1.17. The largest absolute Gasteiger partial charge is 0.394 e. The molecule has 0 radical (unpaired) electrons. The Kier molecular flexibility index (Phi) is 5.76. The molecule has 1 aliphatic rings. The lowest BCUT2D eigenvalue weighted by Crippen LogP contribution is -2.40. The number of hydrogen-bond donors (Lipinski definition) is 1. The van der Waals surface area contributed by atoms with Crippen LogP contribution in [0.25, 0.3) is 6.08 Å². The molecule has 0 spiro atoms. The molecule has 1 amide bonds. The molecule has 1 saturated heterocycles. The van der Waals surface area contributed by atoms with E-state index in [9.17, 15) is 4.79 Å². The van der Waals surface area contributed by atoms with E-state index in [4.69, 9.17) is 9.84 Å². The van der Waals surface area contributed by atoms with Crippen molar-refractivity contribution in [2.45, 2.75) is 25.9 Å². The number of nitrogens with zero attached hydrogens (tertiary/aromatic N) is 1. The van der Waals surface area contributed by atoms with Gasteiger partial charge < -0.3 is 14.7 Å². The van der Waals surface area contributed by atoms with Gasteiger partial charge in [0, 0.05) is 28.9 Å². The van der Waals surface area contributed by atoms with Gasteiger partial charge in [0.05, 0.1) is 19.3 Å². The van der Waals surface area contributed by atoms with Gasteiger partial charge in [0.15, 0.2) is 0 Å². The number of rotatable bonds is 5. The number of amides is 1. The molecule has 1 aliphatic heterocycles. The Balaban J connectivity index is 1.78. The fourth-order valence-corrected chi connectivity index (χ4v) is 3.04. The van der Waals surface area contributed by atoms with Crippen molar-refractivity contribution in [1.82, 2.24) is 4.90 Å². The lowest BCUT2D eigenvalue weighted by Gasteiger charge is -2.31. The number of carbonyl (C=O) groups excluding carboxylic acids is 1. The van der Waals surface area contributed by atoms with Gasteiger partial charge in [0.2, 0.25) is 5.91 Å². The number of thiophene rings is 1. The molecule has 1 fully saturated rings. The van der Waals surface area contributed by atoms with E-state index in [0.717, 1.165) is 30.8 Å². The van der Waals surface area contributed by atoms with Crippen LogP contribution >= 0.6 is 11.3 Å². The minimum atomic E-state index is 0.0577. The predicted octanol–water partition coefficient (Wildman–Crippen LogP) is 2.07. The highest BCUT2D eigenvalue weighted by atomic mass is 32.1. The van der Waals surface area contributed by atoms with Crippen LogP contribution < -0.4 is 0 Å². The summed E-state index contributed by atoms with van der Waals surface area (Å²) in [5.74, 6) is 0.0664. The number of likely N-dealkylation sites (tertiary alicyclic amines) is 1. The predicted molar refractivity (Wildman–Crippen MR) is 80.7 cm³/mol. The van der Waals surface area contributed by atoms with Crippen LogP contribution in [-0.4, -0.2) is 48.3 Å². The molecule has 1 aromatic heterocycles. The van der Waals surface area contributed by atoms with E-state index < -0.39 is 0 Å². The van der Waals surface area contributed by atoms with E-state index in [2.05, 4.69) is 13.0 Å². The molecular formula is C15H21NO3S. The monoisotopic (exact) mass is 295 g/mol. The maximum absolute atomic E-state index is 12.1. The van der Waals surface area contributed by atoms with Crippen LogP contribution in [0.4, 0.5) is 0 Å². The van der Waals surface area contributed by atoms with Gasteiger partial charge >= 0.3 is 0 Å². The van der Waals surface area contributed by atoms with Gasteiger partial charge in [0.25, 0.3) is 0 Å². The highest BCUT2D eigenvalue weighted by molar-refractivity contribution is 7.12. The Morgan fingerprint density at radius 3 is 2.85 bits per heavy atom. The minimum Gasteiger partial charge on any atom is -0.394 e. The number of piperidine rings is 1. The zero-order valence-corrected chi connectivity index (χ0v) is 12.6. The number of ether oxygens (including phenoxy) is 1. The van der Waals surface area contributed by atoms with Gasteiger partial charge in [-0.05, 0) is 38.0 Å². The number of aliphatic hydroxyl groups excluding tert-OH is 1. The third-order valence-corrected chi connectivity index (χ3v) is 4.32. The van der Waals surface area contributed by atoms with Gasteiger partial charge in [-0.3, -0.25) is 4.79 Å². The van der Waals surface area contributed by atoms with Crippen molar-refractivity contribution < 1.29 is 14.6 Å². The third kappa shape index (κ3) is 4.44. The Morgan fingerprint density at radius 1 is 1.50 bits per heavy atom. The van der Waals surface area contributed by atoms with Crippen LogP contribution in [-0.2, 0) is 9.53 Å². The summed E-state index contributed by atoms with van der Waals surface area (Å²) >= 11 is 1.68. The normalized spacial score (nSPS) is 17.0. The Labute approximate surface area is 123 Å². The summed E-state index contributed by atoms with van der Waals surface area (Å²) < 4.78 is 5.49. The van der Waals surface area contributed by atoms with Crippen molar-refractivity contribution in [3.63, 3.8) is 0 Å². The fourth-order valence-electron chi connectivity index (χ4n) is 2.26. The molecule has 110 valence electrons. The molecule has 5 heteroatoms.